The summed E-state index contributed by atoms with van der Waals surface area (Å²) in [4.78, 5) is 20.5. The van der Waals surface area contributed by atoms with Crippen molar-refractivity contribution in [3.63, 3.8) is 0 Å². The predicted molar refractivity (Wildman–Crippen MR) is 83.6 cm³/mol. The summed E-state index contributed by atoms with van der Waals surface area (Å²) in [7, 11) is 0. The molecule has 1 amide bonds. The van der Waals surface area contributed by atoms with Gasteiger partial charge in [0.1, 0.15) is 5.75 Å². The highest BCUT2D eigenvalue weighted by molar-refractivity contribution is 5.70. The number of pyridine rings is 1. The van der Waals surface area contributed by atoms with Crippen molar-refractivity contribution in [3.8, 4) is 5.75 Å². The van der Waals surface area contributed by atoms with Crippen molar-refractivity contribution in [2.75, 3.05) is 26.2 Å². The zero-order valence-electron chi connectivity index (χ0n) is 12.4. The van der Waals surface area contributed by atoms with Crippen LogP contribution in [0.3, 0.4) is 0 Å². The molecule has 1 saturated heterocycles. The lowest BCUT2D eigenvalue weighted by Crippen LogP contribution is -2.49. The Hall–Kier alpha value is -2.40. The van der Waals surface area contributed by atoms with Crippen molar-refractivity contribution in [2.45, 2.75) is 6.54 Å². The molecule has 1 aliphatic rings. The lowest BCUT2D eigenvalue weighted by atomic mass is 10.3. The molecule has 2 aromatic rings. The average Bonchev–Trinajstić information content (AvgIpc) is 2.57. The highest BCUT2D eigenvalue weighted by Gasteiger charge is 2.22. The first-order valence-electron chi connectivity index (χ1n) is 7.45. The van der Waals surface area contributed by atoms with Gasteiger partial charge < -0.3 is 9.64 Å². The second kappa shape index (κ2) is 7.04. The molecule has 0 unspecified atom stereocenters. The van der Waals surface area contributed by atoms with Crippen molar-refractivity contribution < 1.29 is 9.53 Å². The summed E-state index contributed by atoms with van der Waals surface area (Å²) < 4.78 is 5.36. The minimum Gasteiger partial charge on any atom is -0.410 e. The molecule has 0 spiro atoms. The van der Waals surface area contributed by atoms with E-state index in [9.17, 15) is 4.79 Å². The van der Waals surface area contributed by atoms with Gasteiger partial charge in [0.2, 0.25) is 0 Å². The Bertz CT molecular complexity index is 596. The first kappa shape index (κ1) is 14.5. The van der Waals surface area contributed by atoms with Gasteiger partial charge in [-0.25, -0.2) is 4.79 Å². The van der Waals surface area contributed by atoms with Gasteiger partial charge in [-0.05, 0) is 24.3 Å². The van der Waals surface area contributed by atoms with Crippen LogP contribution in [0.15, 0.2) is 54.7 Å². The molecule has 1 aromatic heterocycles. The van der Waals surface area contributed by atoms with E-state index in [-0.39, 0.29) is 6.09 Å². The molecule has 5 heteroatoms. The Morgan fingerprint density at radius 3 is 2.41 bits per heavy atom. The standard InChI is InChI=1S/C17H19N3O2/c21-17(22-16-7-2-1-3-8-16)20-12-10-19(11-13-20)14-15-6-4-5-9-18-15/h1-9H,10-14H2. The smallest absolute Gasteiger partial charge is 0.410 e. The maximum atomic E-state index is 12.1. The highest BCUT2D eigenvalue weighted by Crippen LogP contribution is 2.12. The van der Waals surface area contributed by atoms with Gasteiger partial charge in [0.25, 0.3) is 0 Å². The number of carbonyl (C=O) groups is 1. The van der Waals surface area contributed by atoms with E-state index in [0.717, 1.165) is 25.3 Å². The zero-order chi connectivity index (χ0) is 15.2. The van der Waals surface area contributed by atoms with Gasteiger partial charge in [-0.15, -0.1) is 0 Å². The van der Waals surface area contributed by atoms with Crippen LogP contribution in [0.1, 0.15) is 5.69 Å². The Kier molecular flexibility index (Phi) is 4.65. The van der Waals surface area contributed by atoms with E-state index in [1.165, 1.54) is 0 Å². The summed E-state index contributed by atoms with van der Waals surface area (Å²) in [5.41, 5.74) is 1.06. The second-order valence-corrected chi connectivity index (χ2v) is 5.27. The lowest BCUT2D eigenvalue weighted by Gasteiger charge is -2.33. The molecule has 22 heavy (non-hydrogen) atoms. The van der Waals surface area contributed by atoms with Crippen LogP contribution in [0.2, 0.25) is 0 Å². The summed E-state index contributed by atoms with van der Waals surface area (Å²) in [5.74, 6) is 0.586. The molecule has 0 atom stereocenters. The van der Waals surface area contributed by atoms with Crippen molar-refractivity contribution in [2.24, 2.45) is 0 Å². The average molecular weight is 297 g/mol. The minimum atomic E-state index is -0.274. The monoisotopic (exact) mass is 297 g/mol. The van der Waals surface area contributed by atoms with Crippen LogP contribution >= 0.6 is 0 Å². The van der Waals surface area contributed by atoms with Crippen LogP contribution in [0.5, 0.6) is 5.75 Å². The molecule has 1 fully saturated rings. The number of para-hydroxylation sites is 1. The van der Waals surface area contributed by atoms with Crippen molar-refractivity contribution >= 4 is 6.09 Å². The van der Waals surface area contributed by atoms with Crippen molar-refractivity contribution in [1.82, 2.24) is 14.8 Å². The van der Waals surface area contributed by atoms with Gasteiger partial charge in [-0.3, -0.25) is 9.88 Å². The summed E-state index contributed by atoms with van der Waals surface area (Å²) >= 11 is 0. The fraction of sp³-hybridized carbons (Fsp3) is 0.294. The Morgan fingerprint density at radius 2 is 1.73 bits per heavy atom. The van der Waals surface area contributed by atoms with Crippen LogP contribution in [-0.4, -0.2) is 47.1 Å². The third-order valence-corrected chi connectivity index (χ3v) is 3.69. The first-order chi connectivity index (χ1) is 10.8. The van der Waals surface area contributed by atoms with E-state index in [2.05, 4.69) is 9.88 Å². The molecule has 1 aromatic carbocycles. The molecule has 5 nitrogen and oxygen atoms in total. The Labute approximate surface area is 130 Å². The molecular weight excluding hydrogens is 278 g/mol. The fourth-order valence-corrected chi connectivity index (χ4v) is 2.46. The third kappa shape index (κ3) is 3.83. The van der Waals surface area contributed by atoms with Gasteiger partial charge >= 0.3 is 6.09 Å². The van der Waals surface area contributed by atoms with E-state index in [0.29, 0.717) is 18.8 Å². The summed E-state index contributed by atoms with van der Waals surface area (Å²) in [6, 6.07) is 15.1. The number of carbonyl (C=O) groups excluding carboxylic acids is 1. The lowest BCUT2D eigenvalue weighted by molar-refractivity contribution is 0.107. The highest BCUT2D eigenvalue weighted by atomic mass is 16.6. The maximum Gasteiger partial charge on any atom is 0.415 e. The van der Waals surface area contributed by atoms with Gasteiger partial charge in [0.15, 0.2) is 0 Å². The number of piperazine rings is 1. The predicted octanol–water partition coefficient (Wildman–Crippen LogP) is 2.40. The number of aromatic nitrogens is 1. The van der Waals surface area contributed by atoms with E-state index in [4.69, 9.17) is 4.74 Å². The molecule has 0 N–H and O–H groups in total. The van der Waals surface area contributed by atoms with Gasteiger partial charge in [-0.1, -0.05) is 24.3 Å². The van der Waals surface area contributed by atoms with E-state index < -0.39 is 0 Å². The number of amides is 1. The summed E-state index contributed by atoms with van der Waals surface area (Å²) in [6.45, 7) is 3.85. The van der Waals surface area contributed by atoms with Crippen LogP contribution in [0.4, 0.5) is 4.79 Å². The van der Waals surface area contributed by atoms with Gasteiger partial charge in [0, 0.05) is 38.9 Å². The number of benzene rings is 1. The minimum absolute atomic E-state index is 0.274. The molecule has 1 aliphatic heterocycles. The van der Waals surface area contributed by atoms with E-state index in [1.54, 1.807) is 17.0 Å². The molecular formula is C17H19N3O2. The Balaban J connectivity index is 1.48. The maximum absolute atomic E-state index is 12.1. The van der Waals surface area contributed by atoms with Gasteiger partial charge in [-0.2, -0.15) is 0 Å². The number of hydrogen-bond donors (Lipinski definition) is 0. The summed E-state index contributed by atoms with van der Waals surface area (Å²) in [5, 5.41) is 0. The molecule has 0 saturated carbocycles. The number of hydrogen-bond acceptors (Lipinski definition) is 4. The second-order valence-electron chi connectivity index (χ2n) is 5.27. The topological polar surface area (TPSA) is 45.7 Å². The number of ether oxygens (including phenoxy) is 1. The fourth-order valence-electron chi connectivity index (χ4n) is 2.46. The molecule has 2 heterocycles. The molecule has 0 aliphatic carbocycles. The molecule has 114 valence electrons. The van der Waals surface area contributed by atoms with E-state index >= 15 is 0 Å². The largest absolute Gasteiger partial charge is 0.415 e. The molecule has 0 radical (unpaired) electrons. The van der Waals surface area contributed by atoms with Gasteiger partial charge in [0.05, 0.1) is 5.69 Å². The van der Waals surface area contributed by atoms with Crippen LogP contribution < -0.4 is 4.74 Å². The quantitative estimate of drug-likeness (QED) is 0.872. The third-order valence-electron chi connectivity index (χ3n) is 3.69. The van der Waals surface area contributed by atoms with E-state index in [1.807, 2.05) is 42.6 Å². The normalized spacial score (nSPS) is 15.5. The molecule has 0 bridgehead atoms. The Morgan fingerprint density at radius 1 is 1.00 bits per heavy atom. The summed E-state index contributed by atoms with van der Waals surface area (Å²) in [6.07, 6.45) is 1.53. The molecule has 3 rings (SSSR count). The number of nitrogens with zero attached hydrogens (tertiary/aromatic N) is 3. The zero-order valence-corrected chi connectivity index (χ0v) is 12.4. The number of rotatable bonds is 3. The van der Waals surface area contributed by atoms with Crippen molar-refractivity contribution in [3.05, 3.63) is 60.4 Å². The van der Waals surface area contributed by atoms with Crippen molar-refractivity contribution in [1.29, 1.82) is 0 Å². The SMILES string of the molecule is O=C(Oc1ccccc1)N1CCN(Cc2ccccn2)CC1. The van der Waals surface area contributed by atoms with Crippen LogP contribution in [0.25, 0.3) is 0 Å². The first-order valence-corrected chi connectivity index (χ1v) is 7.45. The van der Waals surface area contributed by atoms with Crippen LogP contribution in [0, 0.1) is 0 Å². The van der Waals surface area contributed by atoms with Crippen LogP contribution in [-0.2, 0) is 6.54 Å².